The van der Waals surface area contributed by atoms with E-state index >= 15 is 0 Å². The van der Waals surface area contributed by atoms with Crippen LogP contribution in [0.5, 0.6) is 0 Å². The highest BCUT2D eigenvalue weighted by Crippen LogP contribution is 2.14. The van der Waals surface area contributed by atoms with Crippen LogP contribution in [0.4, 0.5) is 0 Å². The molecule has 0 atom stereocenters. The normalized spacial score (nSPS) is 11.9. The zero-order valence-corrected chi connectivity index (χ0v) is 12.0. The lowest BCUT2D eigenvalue weighted by molar-refractivity contribution is 0.577. The van der Waals surface area contributed by atoms with Crippen LogP contribution in [0.1, 0.15) is 18.3 Å². The smallest absolute Gasteiger partial charge is 0.244 e. The van der Waals surface area contributed by atoms with Crippen molar-refractivity contribution in [1.29, 1.82) is 0 Å². The molecule has 0 saturated heterocycles. The van der Waals surface area contributed by atoms with Gasteiger partial charge in [-0.1, -0.05) is 0 Å². The molecule has 2 rings (SSSR count). The maximum Gasteiger partial charge on any atom is 0.244 e. The molecule has 0 spiro atoms. The molecule has 0 aromatic carbocycles. The van der Waals surface area contributed by atoms with E-state index in [1.807, 2.05) is 6.92 Å². The maximum atomic E-state index is 12.2. The van der Waals surface area contributed by atoms with Crippen molar-refractivity contribution in [2.75, 3.05) is 0 Å². The van der Waals surface area contributed by atoms with Crippen LogP contribution in [0.25, 0.3) is 0 Å². The van der Waals surface area contributed by atoms with Gasteiger partial charge in [-0.2, -0.15) is 10.2 Å². The van der Waals surface area contributed by atoms with Crippen molar-refractivity contribution in [2.45, 2.75) is 31.8 Å². The summed E-state index contributed by atoms with van der Waals surface area (Å²) < 4.78 is 30.1. The van der Waals surface area contributed by atoms with Crippen LogP contribution in [0.15, 0.2) is 23.4 Å². The Morgan fingerprint density at radius 3 is 2.68 bits per heavy atom. The molecule has 0 bridgehead atoms. The number of rotatable bonds is 5. The largest absolute Gasteiger partial charge is 0.276 e. The highest BCUT2D eigenvalue weighted by molar-refractivity contribution is 7.89. The lowest BCUT2D eigenvalue weighted by Gasteiger charge is -2.05. The quantitative estimate of drug-likeness (QED) is 0.862. The summed E-state index contributed by atoms with van der Waals surface area (Å²) in [7, 11) is -1.77. The number of aryl methyl sites for hydroxylation is 2. The fourth-order valence-corrected chi connectivity index (χ4v) is 2.99. The number of nitrogens with one attached hydrogen (secondary N) is 1. The molecule has 2 aromatic rings. The monoisotopic (exact) mass is 283 g/mol. The van der Waals surface area contributed by atoms with Gasteiger partial charge < -0.3 is 0 Å². The van der Waals surface area contributed by atoms with Crippen molar-refractivity contribution in [3.05, 3.63) is 29.8 Å². The van der Waals surface area contributed by atoms with E-state index in [9.17, 15) is 8.42 Å². The van der Waals surface area contributed by atoms with Gasteiger partial charge in [-0.05, 0) is 19.9 Å². The minimum Gasteiger partial charge on any atom is -0.276 e. The summed E-state index contributed by atoms with van der Waals surface area (Å²) in [5.41, 5.74) is 1.31. The summed E-state index contributed by atoms with van der Waals surface area (Å²) in [5.74, 6) is 0. The number of nitrogens with zero attached hydrogens (tertiary/aromatic N) is 4. The average molecular weight is 283 g/mol. The minimum absolute atomic E-state index is 0.167. The summed E-state index contributed by atoms with van der Waals surface area (Å²) in [4.78, 5) is 0.213. The van der Waals surface area contributed by atoms with Crippen molar-refractivity contribution < 1.29 is 8.42 Å². The van der Waals surface area contributed by atoms with Crippen molar-refractivity contribution >= 4 is 10.0 Å². The Balaban J connectivity index is 2.16. The molecular weight excluding hydrogens is 266 g/mol. The van der Waals surface area contributed by atoms with Crippen LogP contribution in [0, 0.1) is 6.92 Å². The molecule has 7 nitrogen and oxygen atoms in total. The first-order valence-corrected chi connectivity index (χ1v) is 7.43. The zero-order valence-electron chi connectivity index (χ0n) is 11.2. The lowest BCUT2D eigenvalue weighted by atomic mass is 10.4. The van der Waals surface area contributed by atoms with Crippen LogP contribution in [0.2, 0.25) is 0 Å². The second-order valence-corrected chi connectivity index (χ2v) is 5.95. The van der Waals surface area contributed by atoms with Gasteiger partial charge in [0.15, 0.2) is 0 Å². The van der Waals surface area contributed by atoms with Gasteiger partial charge >= 0.3 is 0 Å². The van der Waals surface area contributed by atoms with E-state index in [1.54, 1.807) is 35.6 Å². The van der Waals surface area contributed by atoms with Crippen molar-refractivity contribution in [2.24, 2.45) is 7.05 Å². The topological polar surface area (TPSA) is 81.8 Å². The van der Waals surface area contributed by atoms with Gasteiger partial charge in [-0.3, -0.25) is 9.36 Å². The molecule has 2 aromatic heterocycles. The van der Waals surface area contributed by atoms with Crippen LogP contribution in [0.3, 0.4) is 0 Å². The lowest BCUT2D eigenvalue weighted by Crippen LogP contribution is -2.24. The van der Waals surface area contributed by atoms with Gasteiger partial charge in [0.05, 0.1) is 24.1 Å². The summed E-state index contributed by atoms with van der Waals surface area (Å²) in [6.07, 6.45) is 3.14. The van der Waals surface area contributed by atoms with E-state index in [2.05, 4.69) is 14.9 Å². The Kier molecular flexibility index (Phi) is 3.72. The zero-order chi connectivity index (χ0) is 14.0. The maximum absolute atomic E-state index is 12.2. The predicted octanol–water partition coefficient (Wildman–Crippen LogP) is 0.423. The fraction of sp³-hybridized carbons (Fsp3) is 0.455. The molecule has 0 aliphatic heterocycles. The second-order valence-electron chi connectivity index (χ2n) is 4.22. The second kappa shape index (κ2) is 5.14. The summed E-state index contributed by atoms with van der Waals surface area (Å²) in [6, 6.07) is 1.77. The first kappa shape index (κ1) is 13.8. The third-order valence-electron chi connectivity index (χ3n) is 2.86. The fourth-order valence-electron chi connectivity index (χ4n) is 1.82. The standard InChI is InChI=1S/C11H17N5O2S/c1-4-16-9(2)11(8-12-16)19(17,18)13-7-10-5-6-15(3)14-10/h5-6,8,13H,4,7H2,1-3H3. The van der Waals surface area contributed by atoms with Crippen molar-refractivity contribution in [3.8, 4) is 0 Å². The molecule has 0 radical (unpaired) electrons. The molecule has 19 heavy (non-hydrogen) atoms. The van der Waals surface area contributed by atoms with E-state index < -0.39 is 10.0 Å². The van der Waals surface area contributed by atoms with Gasteiger partial charge in [0.1, 0.15) is 4.90 Å². The third kappa shape index (κ3) is 2.85. The SMILES string of the molecule is CCn1ncc(S(=O)(=O)NCc2ccn(C)n2)c1C. The first-order valence-electron chi connectivity index (χ1n) is 5.94. The molecule has 0 aliphatic rings. The molecule has 104 valence electrons. The van der Waals surface area contributed by atoms with Crippen LogP contribution >= 0.6 is 0 Å². The van der Waals surface area contributed by atoms with Crippen molar-refractivity contribution in [1.82, 2.24) is 24.3 Å². The molecule has 0 unspecified atom stereocenters. The minimum atomic E-state index is -3.55. The molecular formula is C11H17N5O2S. The van der Waals surface area contributed by atoms with Gasteiger partial charge in [0.2, 0.25) is 10.0 Å². The average Bonchev–Trinajstić information content (AvgIpc) is 2.93. The van der Waals surface area contributed by atoms with Gasteiger partial charge in [-0.15, -0.1) is 0 Å². The van der Waals surface area contributed by atoms with Gasteiger partial charge in [0, 0.05) is 19.8 Å². The Bertz CT molecular complexity index is 671. The van der Waals surface area contributed by atoms with Gasteiger partial charge in [-0.25, -0.2) is 13.1 Å². The summed E-state index contributed by atoms with van der Waals surface area (Å²) >= 11 is 0. The molecule has 2 heterocycles. The Hall–Kier alpha value is -1.67. The molecule has 8 heteroatoms. The van der Waals surface area contributed by atoms with E-state index in [0.717, 1.165) is 0 Å². The number of hydrogen-bond acceptors (Lipinski definition) is 4. The first-order chi connectivity index (χ1) is 8.94. The third-order valence-corrected chi connectivity index (χ3v) is 4.36. The van der Waals surface area contributed by atoms with E-state index in [1.165, 1.54) is 6.20 Å². The van der Waals surface area contributed by atoms with Gasteiger partial charge in [0.25, 0.3) is 0 Å². The Morgan fingerprint density at radius 2 is 2.16 bits per heavy atom. The molecule has 0 amide bonds. The number of aromatic nitrogens is 4. The molecule has 1 N–H and O–H groups in total. The molecule has 0 aliphatic carbocycles. The molecule has 0 saturated carbocycles. The number of hydrogen-bond donors (Lipinski definition) is 1. The Labute approximate surface area is 112 Å². The summed E-state index contributed by atoms with van der Waals surface area (Å²) in [6.45, 7) is 4.46. The van der Waals surface area contributed by atoms with E-state index in [-0.39, 0.29) is 11.4 Å². The van der Waals surface area contributed by atoms with Crippen LogP contribution in [-0.2, 0) is 30.2 Å². The van der Waals surface area contributed by atoms with E-state index in [0.29, 0.717) is 17.9 Å². The molecule has 0 fully saturated rings. The Morgan fingerprint density at radius 1 is 1.42 bits per heavy atom. The van der Waals surface area contributed by atoms with Crippen molar-refractivity contribution in [3.63, 3.8) is 0 Å². The van der Waals surface area contributed by atoms with E-state index in [4.69, 9.17) is 0 Å². The highest BCUT2D eigenvalue weighted by Gasteiger charge is 2.20. The van der Waals surface area contributed by atoms with Crippen LogP contribution < -0.4 is 4.72 Å². The highest BCUT2D eigenvalue weighted by atomic mass is 32.2. The predicted molar refractivity (Wildman–Crippen MR) is 69.9 cm³/mol. The number of sulfonamides is 1. The summed E-state index contributed by atoms with van der Waals surface area (Å²) in [5, 5.41) is 8.16. The van der Waals surface area contributed by atoms with Crippen LogP contribution in [-0.4, -0.2) is 28.0 Å².